The third-order valence-corrected chi connectivity index (χ3v) is 6.07. The first-order chi connectivity index (χ1) is 12.6. The standard InChI is InChI=1S/C19H27N3O3S/c1-3-25-18(23)16-14(11-20-13-8-5-4-7-12(13)2)21-19(24)22-17(16)15-9-6-10-26-15/h6,9-10,12-13,17,20H,3-5,7-8,11H2,1-2H3,(H2,21,22,24). The second-order valence-corrected chi connectivity index (χ2v) is 7.89. The average molecular weight is 378 g/mol. The van der Waals surface area contributed by atoms with E-state index in [1.165, 1.54) is 30.6 Å². The Labute approximate surface area is 158 Å². The van der Waals surface area contributed by atoms with Gasteiger partial charge in [0.15, 0.2) is 0 Å². The minimum Gasteiger partial charge on any atom is -0.463 e. The molecule has 0 radical (unpaired) electrons. The van der Waals surface area contributed by atoms with Crippen molar-refractivity contribution in [3.63, 3.8) is 0 Å². The average Bonchev–Trinajstić information content (AvgIpc) is 3.15. The van der Waals surface area contributed by atoms with Gasteiger partial charge in [0.25, 0.3) is 0 Å². The molecule has 142 valence electrons. The molecular formula is C19H27N3O3S. The van der Waals surface area contributed by atoms with Crippen molar-refractivity contribution in [2.45, 2.75) is 51.6 Å². The lowest BCUT2D eigenvalue weighted by Crippen LogP contribution is -2.49. The molecule has 2 amide bonds. The minimum atomic E-state index is -0.469. The predicted octanol–water partition coefficient (Wildman–Crippen LogP) is 3.09. The van der Waals surface area contributed by atoms with E-state index in [0.29, 0.717) is 36.4 Å². The fourth-order valence-corrected chi connectivity index (χ4v) is 4.51. The van der Waals surface area contributed by atoms with Gasteiger partial charge in [0.2, 0.25) is 0 Å². The lowest BCUT2D eigenvalue weighted by Gasteiger charge is -2.32. The number of carbonyl (C=O) groups excluding carboxylic acids is 2. The van der Waals surface area contributed by atoms with E-state index in [-0.39, 0.29) is 12.0 Å². The van der Waals surface area contributed by atoms with E-state index in [9.17, 15) is 9.59 Å². The van der Waals surface area contributed by atoms with Gasteiger partial charge in [-0.1, -0.05) is 25.8 Å². The van der Waals surface area contributed by atoms with E-state index >= 15 is 0 Å². The molecule has 2 aliphatic rings. The Morgan fingerprint density at radius 3 is 2.88 bits per heavy atom. The summed E-state index contributed by atoms with van der Waals surface area (Å²) in [5.74, 6) is 0.216. The van der Waals surface area contributed by atoms with Gasteiger partial charge in [0.05, 0.1) is 18.2 Å². The number of hydrogen-bond acceptors (Lipinski definition) is 5. The van der Waals surface area contributed by atoms with Crippen molar-refractivity contribution in [3.05, 3.63) is 33.7 Å². The van der Waals surface area contributed by atoms with Gasteiger partial charge >= 0.3 is 12.0 Å². The Bertz CT molecular complexity index is 672. The second-order valence-electron chi connectivity index (χ2n) is 6.91. The van der Waals surface area contributed by atoms with Gasteiger partial charge in [-0.2, -0.15) is 0 Å². The first kappa shape index (κ1) is 18.9. The number of esters is 1. The third kappa shape index (κ3) is 4.27. The molecule has 1 saturated carbocycles. The van der Waals surface area contributed by atoms with Gasteiger partial charge in [0.1, 0.15) is 0 Å². The summed E-state index contributed by atoms with van der Waals surface area (Å²) in [7, 11) is 0. The van der Waals surface area contributed by atoms with Crippen molar-refractivity contribution >= 4 is 23.3 Å². The van der Waals surface area contributed by atoms with E-state index in [1.807, 2.05) is 17.5 Å². The van der Waals surface area contributed by atoms with Crippen LogP contribution in [0.3, 0.4) is 0 Å². The number of amides is 2. The SMILES string of the molecule is CCOC(=O)C1=C(CNC2CCCCC2C)NC(=O)NC1c1cccs1. The van der Waals surface area contributed by atoms with Gasteiger partial charge in [-0.05, 0) is 37.1 Å². The lowest BCUT2D eigenvalue weighted by molar-refractivity contribution is -0.139. The maximum atomic E-state index is 12.6. The summed E-state index contributed by atoms with van der Waals surface area (Å²) in [6.45, 7) is 4.80. The highest BCUT2D eigenvalue weighted by Crippen LogP contribution is 2.31. The molecule has 1 fully saturated rings. The van der Waals surface area contributed by atoms with Crippen LogP contribution in [0.5, 0.6) is 0 Å². The Hall–Kier alpha value is -1.86. The smallest absolute Gasteiger partial charge is 0.338 e. The molecule has 0 saturated heterocycles. The summed E-state index contributed by atoms with van der Waals surface area (Å²) in [4.78, 5) is 25.8. The highest BCUT2D eigenvalue weighted by Gasteiger charge is 2.34. The van der Waals surface area contributed by atoms with E-state index < -0.39 is 6.04 Å². The van der Waals surface area contributed by atoms with Crippen LogP contribution in [0.15, 0.2) is 28.8 Å². The zero-order valence-corrected chi connectivity index (χ0v) is 16.2. The molecule has 1 aliphatic heterocycles. The number of thiophene rings is 1. The fourth-order valence-electron chi connectivity index (χ4n) is 3.73. The Morgan fingerprint density at radius 1 is 1.38 bits per heavy atom. The van der Waals surface area contributed by atoms with Crippen LogP contribution in [0.2, 0.25) is 0 Å². The molecule has 3 atom stereocenters. The van der Waals surface area contributed by atoms with Gasteiger partial charge in [-0.25, -0.2) is 9.59 Å². The Kier molecular flexibility index (Phi) is 6.32. The molecule has 7 heteroatoms. The topological polar surface area (TPSA) is 79.5 Å². The predicted molar refractivity (Wildman–Crippen MR) is 102 cm³/mol. The number of urea groups is 1. The molecule has 1 aromatic rings. The quantitative estimate of drug-likeness (QED) is 0.666. The van der Waals surface area contributed by atoms with Crippen molar-refractivity contribution in [2.24, 2.45) is 5.92 Å². The van der Waals surface area contributed by atoms with Crippen LogP contribution < -0.4 is 16.0 Å². The molecule has 0 spiro atoms. The van der Waals surface area contributed by atoms with Gasteiger partial charge in [-0.3, -0.25) is 0 Å². The fraction of sp³-hybridized carbons (Fsp3) is 0.579. The highest BCUT2D eigenvalue weighted by atomic mass is 32.1. The van der Waals surface area contributed by atoms with Crippen molar-refractivity contribution in [3.8, 4) is 0 Å². The lowest BCUT2D eigenvalue weighted by atomic mass is 9.86. The molecule has 26 heavy (non-hydrogen) atoms. The van der Waals surface area contributed by atoms with Crippen LogP contribution in [0.25, 0.3) is 0 Å². The first-order valence-corrected chi connectivity index (χ1v) is 10.2. The molecule has 1 aliphatic carbocycles. The van der Waals surface area contributed by atoms with Crippen molar-refractivity contribution in [2.75, 3.05) is 13.2 Å². The molecular weight excluding hydrogens is 350 g/mol. The number of hydrogen-bond donors (Lipinski definition) is 3. The van der Waals surface area contributed by atoms with Gasteiger partial charge in [0, 0.05) is 23.2 Å². The molecule has 3 N–H and O–H groups in total. The van der Waals surface area contributed by atoms with Gasteiger partial charge < -0.3 is 20.7 Å². The summed E-state index contributed by atoms with van der Waals surface area (Å²) in [6.07, 6.45) is 4.84. The molecule has 0 bridgehead atoms. The number of ether oxygens (including phenoxy) is 1. The maximum Gasteiger partial charge on any atom is 0.338 e. The molecule has 6 nitrogen and oxygen atoms in total. The first-order valence-electron chi connectivity index (χ1n) is 9.34. The summed E-state index contributed by atoms with van der Waals surface area (Å²) in [5.41, 5.74) is 1.10. The highest BCUT2D eigenvalue weighted by molar-refractivity contribution is 7.10. The molecule has 3 rings (SSSR count). The Balaban J connectivity index is 1.85. The monoisotopic (exact) mass is 377 g/mol. The summed E-state index contributed by atoms with van der Waals surface area (Å²) < 4.78 is 5.28. The van der Waals surface area contributed by atoms with Crippen LogP contribution >= 0.6 is 11.3 Å². The normalized spacial score (nSPS) is 26.2. The molecule has 2 heterocycles. The molecule has 0 aromatic carbocycles. The van der Waals surface area contributed by atoms with E-state index in [2.05, 4.69) is 22.9 Å². The second kappa shape index (κ2) is 8.68. The van der Waals surface area contributed by atoms with E-state index in [4.69, 9.17) is 4.74 Å². The number of rotatable bonds is 6. The number of carbonyl (C=O) groups is 2. The summed E-state index contributed by atoms with van der Waals surface area (Å²) in [6, 6.07) is 3.49. The van der Waals surface area contributed by atoms with Crippen molar-refractivity contribution in [1.29, 1.82) is 0 Å². The third-order valence-electron chi connectivity index (χ3n) is 5.13. The van der Waals surface area contributed by atoms with Crippen molar-refractivity contribution in [1.82, 2.24) is 16.0 Å². The van der Waals surface area contributed by atoms with E-state index in [0.717, 1.165) is 11.3 Å². The van der Waals surface area contributed by atoms with Gasteiger partial charge in [-0.15, -0.1) is 11.3 Å². The molecule has 1 aromatic heterocycles. The largest absolute Gasteiger partial charge is 0.463 e. The zero-order chi connectivity index (χ0) is 18.5. The van der Waals surface area contributed by atoms with Crippen LogP contribution in [-0.4, -0.2) is 31.2 Å². The van der Waals surface area contributed by atoms with Crippen LogP contribution in [-0.2, 0) is 9.53 Å². The maximum absolute atomic E-state index is 12.6. The van der Waals surface area contributed by atoms with Crippen LogP contribution in [0, 0.1) is 5.92 Å². The van der Waals surface area contributed by atoms with Crippen molar-refractivity contribution < 1.29 is 14.3 Å². The zero-order valence-electron chi connectivity index (χ0n) is 15.3. The Morgan fingerprint density at radius 2 is 2.19 bits per heavy atom. The van der Waals surface area contributed by atoms with E-state index in [1.54, 1.807) is 6.92 Å². The minimum absolute atomic E-state index is 0.287. The number of nitrogens with one attached hydrogen (secondary N) is 3. The molecule has 3 unspecified atom stereocenters. The van der Waals surface area contributed by atoms with Crippen LogP contribution in [0.4, 0.5) is 4.79 Å². The van der Waals surface area contributed by atoms with Crippen LogP contribution in [0.1, 0.15) is 50.4 Å². The summed E-state index contributed by atoms with van der Waals surface area (Å²) >= 11 is 1.51. The summed E-state index contributed by atoms with van der Waals surface area (Å²) in [5, 5.41) is 11.2.